The van der Waals surface area contributed by atoms with Crippen molar-refractivity contribution in [1.29, 1.82) is 0 Å². The number of nitrogens with zero attached hydrogens (tertiary/aromatic N) is 4. The summed E-state index contributed by atoms with van der Waals surface area (Å²) in [5, 5.41) is 3.83. The molecule has 1 aromatic heterocycles. The van der Waals surface area contributed by atoms with E-state index < -0.39 is 15.6 Å². The third-order valence-electron chi connectivity index (χ3n) is 8.99. The van der Waals surface area contributed by atoms with Gasteiger partial charge in [0.2, 0.25) is 21.8 Å². The van der Waals surface area contributed by atoms with Gasteiger partial charge in [0.05, 0.1) is 12.2 Å². The normalized spacial score (nSPS) is 20.1. The lowest BCUT2D eigenvalue weighted by Gasteiger charge is -2.42. The van der Waals surface area contributed by atoms with Crippen LogP contribution in [0.4, 0.5) is 5.69 Å². The van der Waals surface area contributed by atoms with Crippen LogP contribution in [0.15, 0.2) is 71.8 Å². The van der Waals surface area contributed by atoms with E-state index in [1.54, 1.807) is 29.3 Å². The molecule has 3 aromatic rings. The van der Waals surface area contributed by atoms with E-state index in [-0.39, 0.29) is 36.3 Å². The Labute approximate surface area is 241 Å². The molecule has 41 heavy (non-hydrogen) atoms. The molecule has 1 saturated carbocycles. The maximum absolute atomic E-state index is 14.0. The molecule has 10 heteroatoms. The van der Waals surface area contributed by atoms with Crippen molar-refractivity contribution in [3.63, 3.8) is 0 Å². The fourth-order valence-corrected chi connectivity index (χ4v) is 8.33. The van der Waals surface area contributed by atoms with Gasteiger partial charge in [0.15, 0.2) is 0 Å². The average Bonchev–Trinajstić information content (AvgIpc) is 3.27. The summed E-state index contributed by atoms with van der Waals surface area (Å²) >= 11 is 0. The van der Waals surface area contributed by atoms with Crippen molar-refractivity contribution >= 4 is 38.4 Å². The molecule has 3 heterocycles. The van der Waals surface area contributed by atoms with E-state index >= 15 is 0 Å². The number of pyridine rings is 1. The summed E-state index contributed by atoms with van der Waals surface area (Å²) in [5.41, 5.74) is 0.428. The topological polar surface area (TPSA) is 103 Å². The molecule has 0 atom stereocenters. The summed E-state index contributed by atoms with van der Waals surface area (Å²) in [6.45, 7) is 1.34. The summed E-state index contributed by atoms with van der Waals surface area (Å²) in [7, 11) is -3.82. The van der Waals surface area contributed by atoms with Crippen LogP contribution in [0.3, 0.4) is 0 Å². The van der Waals surface area contributed by atoms with Crippen molar-refractivity contribution in [2.75, 3.05) is 37.7 Å². The highest BCUT2D eigenvalue weighted by Crippen LogP contribution is 2.40. The Hall–Kier alpha value is -3.50. The molecule has 2 aromatic carbocycles. The molecule has 2 aliphatic heterocycles. The molecule has 0 radical (unpaired) electrons. The van der Waals surface area contributed by atoms with Crippen molar-refractivity contribution in [2.24, 2.45) is 5.92 Å². The number of sulfonamides is 1. The molecular formula is C31H37N5O4S. The van der Waals surface area contributed by atoms with Crippen LogP contribution >= 0.6 is 0 Å². The van der Waals surface area contributed by atoms with Crippen LogP contribution in [-0.2, 0) is 19.6 Å². The monoisotopic (exact) mass is 575 g/mol. The van der Waals surface area contributed by atoms with Crippen molar-refractivity contribution in [3.8, 4) is 0 Å². The number of benzene rings is 2. The highest BCUT2D eigenvalue weighted by atomic mass is 32.2. The number of fused-ring (bicyclic) bond motifs is 1. The lowest BCUT2D eigenvalue weighted by molar-refractivity contribution is -0.137. The zero-order chi connectivity index (χ0) is 28.5. The quantitative estimate of drug-likeness (QED) is 0.460. The molecule has 6 rings (SSSR count). The third-order valence-corrected chi connectivity index (χ3v) is 10.9. The predicted octanol–water partition coefficient (Wildman–Crippen LogP) is 3.76. The first-order valence-corrected chi connectivity index (χ1v) is 16.1. The van der Waals surface area contributed by atoms with Gasteiger partial charge in [-0.05, 0) is 55.9 Å². The summed E-state index contributed by atoms with van der Waals surface area (Å²) < 4.78 is 29.0. The first-order chi connectivity index (χ1) is 19.9. The lowest BCUT2D eigenvalue weighted by Crippen LogP contribution is -2.57. The number of carbonyl (C=O) groups is 2. The van der Waals surface area contributed by atoms with E-state index in [1.807, 2.05) is 42.5 Å². The van der Waals surface area contributed by atoms with Gasteiger partial charge in [-0.1, -0.05) is 55.7 Å². The number of aromatic nitrogens is 1. The van der Waals surface area contributed by atoms with Gasteiger partial charge in [-0.2, -0.15) is 4.31 Å². The summed E-state index contributed by atoms with van der Waals surface area (Å²) in [4.78, 5) is 35.2. The number of amides is 2. The van der Waals surface area contributed by atoms with Crippen molar-refractivity contribution in [2.45, 2.75) is 55.4 Å². The zero-order valence-electron chi connectivity index (χ0n) is 23.2. The summed E-state index contributed by atoms with van der Waals surface area (Å²) in [6.07, 6.45) is 8.23. The number of hydrogen-bond donors (Lipinski definition) is 1. The van der Waals surface area contributed by atoms with Crippen LogP contribution in [0.5, 0.6) is 0 Å². The molecule has 1 N–H and O–H groups in total. The highest BCUT2D eigenvalue weighted by molar-refractivity contribution is 7.89. The number of nitrogens with one attached hydrogen (secondary N) is 1. The average molecular weight is 576 g/mol. The minimum absolute atomic E-state index is 0.000321. The Morgan fingerprint density at radius 2 is 1.68 bits per heavy atom. The van der Waals surface area contributed by atoms with E-state index in [0.29, 0.717) is 37.5 Å². The third kappa shape index (κ3) is 5.30. The van der Waals surface area contributed by atoms with Crippen LogP contribution in [0.2, 0.25) is 0 Å². The number of para-hydroxylation sites is 2. The van der Waals surface area contributed by atoms with Gasteiger partial charge in [-0.15, -0.1) is 0 Å². The second-order valence-electron chi connectivity index (χ2n) is 11.5. The largest absolute Gasteiger partial charge is 0.354 e. The number of carbonyl (C=O) groups excluding carboxylic acids is 2. The number of anilines is 1. The molecule has 2 amide bonds. The molecule has 3 aliphatic rings. The SMILES string of the molecule is O=C(CN1CN(c2ccccc2)C2(CCN(S(=O)(=O)c3cccc4cccnc34)CC2)C1=O)NCC1CCCCC1. The second-order valence-corrected chi connectivity index (χ2v) is 13.4. The van der Waals surface area contributed by atoms with Crippen LogP contribution in [0.1, 0.15) is 44.9 Å². The maximum atomic E-state index is 14.0. The van der Waals surface area contributed by atoms with Crippen molar-refractivity contribution < 1.29 is 18.0 Å². The summed E-state index contributed by atoms with van der Waals surface area (Å²) in [6, 6.07) is 18.5. The number of hydrogen-bond acceptors (Lipinski definition) is 6. The molecular weight excluding hydrogens is 538 g/mol. The van der Waals surface area contributed by atoms with Gasteiger partial charge in [0.25, 0.3) is 0 Å². The summed E-state index contributed by atoms with van der Waals surface area (Å²) in [5.74, 6) is 0.257. The Morgan fingerprint density at radius 3 is 2.44 bits per heavy atom. The van der Waals surface area contributed by atoms with Gasteiger partial charge in [-0.25, -0.2) is 8.42 Å². The molecule has 2 saturated heterocycles. The second kappa shape index (κ2) is 11.4. The van der Waals surface area contributed by atoms with Gasteiger partial charge in [-0.3, -0.25) is 14.6 Å². The standard InChI is InChI=1S/C31H37N5O4S/c37-28(33-21-24-9-3-1-4-10-24)22-34-23-36(26-13-5-2-6-14-26)31(30(34)38)16-19-35(20-17-31)41(39,40)27-15-7-11-25-12-8-18-32-29(25)27/h2,5-8,11-15,18,24H,1,3-4,9-10,16-17,19-23H2,(H,33,37). The van der Waals surface area contributed by atoms with Crippen molar-refractivity contribution in [3.05, 3.63) is 66.9 Å². The van der Waals surface area contributed by atoms with Crippen LogP contribution < -0.4 is 10.2 Å². The Bertz CT molecular complexity index is 1510. The van der Waals surface area contributed by atoms with Gasteiger partial charge >= 0.3 is 0 Å². The van der Waals surface area contributed by atoms with E-state index in [2.05, 4.69) is 15.2 Å². The Kier molecular flexibility index (Phi) is 7.70. The maximum Gasteiger partial charge on any atom is 0.250 e. The smallest absolute Gasteiger partial charge is 0.250 e. The minimum atomic E-state index is -3.82. The van der Waals surface area contributed by atoms with Crippen LogP contribution in [0, 0.1) is 5.92 Å². The molecule has 216 valence electrons. The first-order valence-electron chi connectivity index (χ1n) is 14.6. The fraction of sp³-hybridized carbons (Fsp3) is 0.452. The Balaban J connectivity index is 1.20. The number of rotatable bonds is 7. The Morgan fingerprint density at radius 1 is 0.951 bits per heavy atom. The lowest BCUT2D eigenvalue weighted by atomic mass is 9.86. The predicted molar refractivity (Wildman–Crippen MR) is 158 cm³/mol. The molecule has 1 spiro atoms. The zero-order valence-corrected chi connectivity index (χ0v) is 24.1. The van der Waals surface area contributed by atoms with E-state index in [0.717, 1.165) is 23.9 Å². The minimum Gasteiger partial charge on any atom is -0.354 e. The van der Waals surface area contributed by atoms with E-state index in [9.17, 15) is 18.0 Å². The molecule has 9 nitrogen and oxygen atoms in total. The van der Waals surface area contributed by atoms with Gasteiger partial charge < -0.3 is 15.1 Å². The first kappa shape index (κ1) is 27.7. The number of piperidine rings is 1. The van der Waals surface area contributed by atoms with Crippen molar-refractivity contribution in [1.82, 2.24) is 19.5 Å². The molecule has 0 bridgehead atoms. The highest BCUT2D eigenvalue weighted by Gasteiger charge is 2.55. The van der Waals surface area contributed by atoms with Crippen LogP contribution in [-0.4, -0.2) is 72.8 Å². The fourth-order valence-electron chi connectivity index (χ4n) is 6.72. The van der Waals surface area contributed by atoms with Gasteiger partial charge in [0, 0.05) is 36.9 Å². The molecule has 1 aliphatic carbocycles. The van der Waals surface area contributed by atoms with E-state index in [4.69, 9.17) is 0 Å². The molecule has 3 fully saturated rings. The van der Waals surface area contributed by atoms with Crippen LogP contribution in [0.25, 0.3) is 10.9 Å². The molecule has 0 unspecified atom stereocenters. The van der Waals surface area contributed by atoms with Gasteiger partial charge in [0.1, 0.15) is 17.0 Å². The van der Waals surface area contributed by atoms with E-state index in [1.165, 1.54) is 23.6 Å².